The lowest BCUT2D eigenvalue weighted by molar-refractivity contribution is 0.0868. The molecule has 1 aliphatic heterocycles. The standard InChI is InChI=1S/C15H23N3O3/c19-11-13-4-1-2-6-18(13)7-3-5-17-15(21)12-8-14(20)10-16-9-12/h8-10,13,19-20H,1-7,11H2,(H,17,21)/t13-/m0/s1. The molecular weight excluding hydrogens is 270 g/mol. The Hall–Kier alpha value is -1.66. The molecule has 2 rings (SSSR count). The van der Waals surface area contributed by atoms with Gasteiger partial charge in [-0.3, -0.25) is 14.7 Å². The minimum Gasteiger partial charge on any atom is -0.506 e. The van der Waals surface area contributed by atoms with Crippen molar-refractivity contribution in [1.29, 1.82) is 0 Å². The van der Waals surface area contributed by atoms with Crippen molar-refractivity contribution in [3.63, 3.8) is 0 Å². The summed E-state index contributed by atoms with van der Waals surface area (Å²) in [6.07, 6.45) is 6.98. The maximum absolute atomic E-state index is 11.9. The quantitative estimate of drug-likeness (QED) is 0.674. The summed E-state index contributed by atoms with van der Waals surface area (Å²) in [7, 11) is 0. The normalized spacial score (nSPS) is 19.4. The molecule has 0 bridgehead atoms. The van der Waals surface area contributed by atoms with Gasteiger partial charge in [-0.1, -0.05) is 6.42 Å². The van der Waals surface area contributed by atoms with Crippen LogP contribution in [0.1, 0.15) is 36.0 Å². The fraction of sp³-hybridized carbons (Fsp3) is 0.600. The summed E-state index contributed by atoms with van der Waals surface area (Å²) in [5, 5.41) is 21.4. The average molecular weight is 293 g/mol. The summed E-state index contributed by atoms with van der Waals surface area (Å²) < 4.78 is 0. The maximum Gasteiger partial charge on any atom is 0.252 e. The fourth-order valence-corrected chi connectivity index (χ4v) is 2.70. The maximum atomic E-state index is 11.9. The molecule has 6 heteroatoms. The van der Waals surface area contributed by atoms with Crippen LogP contribution >= 0.6 is 0 Å². The summed E-state index contributed by atoms with van der Waals surface area (Å²) in [5.74, 6) is -0.238. The molecule has 3 N–H and O–H groups in total. The van der Waals surface area contributed by atoms with E-state index in [0.29, 0.717) is 12.1 Å². The van der Waals surface area contributed by atoms with Gasteiger partial charge in [0.15, 0.2) is 0 Å². The molecule has 1 amide bonds. The van der Waals surface area contributed by atoms with Crippen LogP contribution in [-0.4, -0.2) is 58.3 Å². The van der Waals surface area contributed by atoms with Crippen LogP contribution in [0.2, 0.25) is 0 Å². The average Bonchev–Trinajstić information content (AvgIpc) is 2.51. The van der Waals surface area contributed by atoms with Crippen LogP contribution in [0.4, 0.5) is 0 Å². The molecule has 0 aromatic carbocycles. The zero-order valence-corrected chi connectivity index (χ0v) is 12.2. The number of nitrogens with zero attached hydrogens (tertiary/aromatic N) is 2. The fourth-order valence-electron chi connectivity index (χ4n) is 2.70. The molecule has 21 heavy (non-hydrogen) atoms. The number of aliphatic hydroxyl groups is 1. The van der Waals surface area contributed by atoms with Crippen molar-refractivity contribution in [2.45, 2.75) is 31.7 Å². The number of rotatable bonds is 6. The number of aromatic hydroxyl groups is 1. The largest absolute Gasteiger partial charge is 0.506 e. The molecule has 1 aliphatic rings. The van der Waals surface area contributed by atoms with E-state index in [-0.39, 0.29) is 24.3 Å². The second kappa shape index (κ2) is 7.95. The van der Waals surface area contributed by atoms with Crippen molar-refractivity contribution >= 4 is 5.91 Å². The molecule has 0 aliphatic carbocycles. The number of carbonyl (C=O) groups excluding carboxylic acids is 1. The highest BCUT2D eigenvalue weighted by Crippen LogP contribution is 2.16. The molecule has 1 atom stereocenters. The Morgan fingerprint density at radius 2 is 2.29 bits per heavy atom. The van der Waals surface area contributed by atoms with Gasteiger partial charge in [-0.25, -0.2) is 0 Å². The molecule has 6 nitrogen and oxygen atoms in total. The highest BCUT2D eigenvalue weighted by atomic mass is 16.3. The van der Waals surface area contributed by atoms with E-state index in [9.17, 15) is 15.0 Å². The first-order chi connectivity index (χ1) is 10.2. The van der Waals surface area contributed by atoms with Crippen molar-refractivity contribution in [1.82, 2.24) is 15.2 Å². The molecule has 1 fully saturated rings. The first kappa shape index (κ1) is 15.7. The molecule has 0 radical (unpaired) electrons. The summed E-state index contributed by atoms with van der Waals surface area (Å²) >= 11 is 0. The molecule has 0 saturated carbocycles. The van der Waals surface area contributed by atoms with Crippen LogP contribution in [0.25, 0.3) is 0 Å². The van der Waals surface area contributed by atoms with Crippen molar-refractivity contribution in [2.75, 3.05) is 26.2 Å². The van der Waals surface area contributed by atoms with E-state index in [1.54, 1.807) is 0 Å². The molecule has 116 valence electrons. The second-order valence-corrected chi connectivity index (χ2v) is 5.41. The Bertz CT molecular complexity index is 467. The number of hydrogen-bond donors (Lipinski definition) is 3. The van der Waals surface area contributed by atoms with Gasteiger partial charge >= 0.3 is 0 Å². The first-order valence-electron chi connectivity index (χ1n) is 7.48. The lowest BCUT2D eigenvalue weighted by Crippen LogP contribution is -2.43. The van der Waals surface area contributed by atoms with Crippen LogP contribution in [0.5, 0.6) is 5.75 Å². The van der Waals surface area contributed by atoms with Crippen LogP contribution in [-0.2, 0) is 0 Å². The number of piperidine rings is 1. The molecule has 1 saturated heterocycles. The number of amides is 1. The third-order valence-electron chi connectivity index (χ3n) is 3.85. The van der Waals surface area contributed by atoms with Crippen LogP contribution in [0.15, 0.2) is 18.5 Å². The Morgan fingerprint density at radius 1 is 1.43 bits per heavy atom. The van der Waals surface area contributed by atoms with Crippen LogP contribution in [0.3, 0.4) is 0 Å². The predicted molar refractivity (Wildman–Crippen MR) is 79.1 cm³/mol. The molecule has 0 spiro atoms. The number of aliphatic hydroxyl groups excluding tert-OH is 1. The van der Waals surface area contributed by atoms with Gasteiger partial charge in [-0.05, 0) is 31.9 Å². The van der Waals surface area contributed by atoms with E-state index in [0.717, 1.165) is 25.9 Å². The van der Waals surface area contributed by atoms with Crippen molar-refractivity contribution in [3.05, 3.63) is 24.0 Å². The first-order valence-corrected chi connectivity index (χ1v) is 7.48. The van der Waals surface area contributed by atoms with E-state index in [4.69, 9.17) is 0 Å². The van der Waals surface area contributed by atoms with Crippen molar-refractivity contribution in [3.8, 4) is 5.75 Å². The second-order valence-electron chi connectivity index (χ2n) is 5.41. The van der Waals surface area contributed by atoms with Gasteiger partial charge in [0.05, 0.1) is 18.4 Å². The van der Waals surface area contributed by atoms with Crippen molar-refractivity contribution < 1.29 is 15.0 Å². The summed E-state index contributed by atoms with van der Waals surface area (Å²) in [6, 6.07) is 1.67. The van der Waals surface area contributed by atoms with Gasteiger partial charge < -0.3 is 15.5 Å². The third-order valence-corrected chi connectivity index (χ3v) is 3.85. The van der Waals surface area contributed by atoms with E-state index in [1.807, 2.05) is 0 Å². The monoisotopic (exact) mass is 293 g/mol. The molecule has 1 aromatic heterocycles. The molecule has 1 aromatic rings. The van der Waals surface area contributed by atoms with Gasteiger partial charge in [-0.15, -0.1) is 0 Å². The van der Waals surface area contributed by atoms with E-state index in [1.165, 1.54) is 31.3 Å². The number of carbonyl (C=O) groups is 1. The lowest BCUT2D eigenvalue weighted by Gasteiger charge is -2.34. The number of aromatic nitrogens is 1. The summed E-state index contributed by atoms with van der Waals surface area (Å²) in [6.45, 7) is 2.68. The number of hydrogen-bond acceptors (Lipinski definition) is 5. The van der Waals surface area contributed by atoms with E-state index >= 15 is 0 Å². The van der Waals surface area contributed by atoms with Gasteiger partial charge in [0.1, 0.15) is 5.75 Å². The van der Waals surface area contributed by atoms with Crippen LogP contribution in [0, 0.1) is 0 Å². The SMILES string of the molecule is O=C(NCCCN1CCCC[C@H]1CO)c1cncc(O)c1. The van der Waals surface area contributed by atoms with Gasteiger partial charge in [0.2, 0.25) is 0 Å². The van der Waals surface area contributed by atoms with E-state index in [2.05, 4.69) is 15.2 Å². The third kappa shape index (κ3) is 4.68. The Balaban J connectivity index is 1.70. The highest BCUT2D eigenvalue weighted by molar-refractivity contribution is 5.94. The molecule has 2 heterocycles. The zero-order valence-electron chi connectivity index (χ0n) is 12.2. The molecular formula is C15H23N3O3. The highest BCUT2D eigenvalue weighted by Gasteiger charge is 2.20. The Labute approximate surface area is 124 Å². The summed E-state index contributed by atoms with van der Waals surface area (Å²) in [5.41, 5.74) is 0.362. The number of nitrogens with one attached hydrogen (secondary N) is 1. The Kier molecular flexibility index (Phi) is 5.95. The zero-order chi connectivity index (χ0) is 15.1. The minimum atomic E-state index is -0.226. The van der Waals surface area contributed by atoms with E-state index < -0.39 is 0 Å². The topological polar surface area (TPSA) is 85.7 Å². The van der Waals surface area contributed by atoms with Gasteiger partial charge in [-0.2, -0.15) is 0 Å². The van der Waals surface area contributed by atoms with Gasteiger partial charge in [0.25, 0.3) is 5.91 Å². The Morgan fingerprint density at radius 3 is 3.05 bits per heavy atom. The number of pyridine rings is 1. The van der Waals surface area contributed by atoms with Crippen LogP contribution < -0.4 is 5.32 Å². The number of likely N-dealkylation sites (tertiary alicyclic amines) is 1. The van der Waals surface area contributed by atoms with Crippen molar-refractivity contribution in [2.24, 2.45) is 0 Å². The lowest BCUT2D eigenvalue weighted by atomic mass is 10.0. The van der Waals surface area contributed by atoms with Gasteiger partial charge in [0, 0.05) is 25.3 Å². The molecule has 0 unspecified atom stereocenters. The minimum absolute atomic E-state index is 0.0123. The predicted octanol–water partition coefficient (Wildman–Crippen LogP) is 0.754. The summed E-state index contributed by atoms with van der Waals surface area (Å²) in [4.78, 5) is 17.9. The smallest absolute Gasteiger partial charge is 0.252 e.